The first kappa shape index (κ1) is 21.2. The molecule has 29 heavy (non-hydrogen) atoms. The van der Waals surface area contributed by atoms with Crippen LogP contribution in [0.2, 0.25) is 0 Å². The van der Waals surface area contributed by atoms with Crippen LogP contribution in [0, 0.1) is 0 Å². The van der Waals surface area contributed by atoms with Crippen LogP contribution in [0.1, 0.15) is 24.0 Å². The van der Waals surface area contributed by atoms with Crippen molar-refractivity contribution in [2.75, 3.05) is 39.9 Å². The summed E-state index contributed by atoms with van der Waals surface area (Å²) in [6.45, 7) is 5.41. The Labute approximate surface area is 172 Å². The number of benzene rings is 1. The lowest BCUT2D eigenvalue weighted by atomic mass is 10.2. The molecule has 1 N–H and O–H groups in total. The second kappa shape index (κ2) is 11.5. The lowest BCUT2D eigenvalue weighted by Crippen LogP contribution is -2.48. The summed E-state index contributed by atoms with van der Waals surface area (Å²) in [5, 5.41) is 0. The molecule has 1 aromatic heterocycles. The highest BCUT2D eigenvalue weighted by molar-refractivity contribution is 5.76. The van der Waals surface area contributed by atoms with Crippen molar-refractivity contribution in [3.8, 4) is 5.75 Å². The molecule has 0 saturated carbocycles. The minimum Gasteiger partial charge on any atom is -0.497 e. The van der Waals surface area contributed by atoms with E-state index in [1.807, 2.05) is 41.4 Å². The van der Waals surface area contributed by atoms with Gasteiger partial charge in [0.2, 0.25) is 5.91 Å². The van der Waals surface area contributed by atoms with Crippen molar-refractivity contribution in [2.45, 2.75) is 25.9 Å². The second-order valence-corrected chi connectivity index (χ2v) is 7.14. The SMILES string of the molecule is COc1ccc(CNOCCCC(=O)N2CCN(Cc3cccnc3)CC2)cc1. The maximum Gasteiger partial charge on any atom is 0.222 e. The highest BCUT2D eigenvalue weighted by atomic mass is 16.6. The van der Waals surface area contributed by atoms with Gasteiger partial charge in [0.25, 0.3) is 0 Å². The fourth-order valence-corrected chi connectivity index (χ4v) is 3.31. The number of aromatic nitrogens is 1. The molecule has 1 aromatic carbocycles. The first-order chi connectivity index (χ1) is 14.2. The molecule has 2 aromatic rings. The molecule has 1 amide bonds. The smallest absolute Gasteiger partial charge is 0.222 e. The summed E-state index contributed by atoms with van der Waals surface area (Å²) < 4.78 is 5.14. The maximum absolute atomic E-state index is 12.4. The Bertz CT molecular complexity index is 731. The fraction of sp³-hybridized carbons (Fsp3) is 0.455. The molecule has 1 aliphatic rings. The molecular formula is C22H30N4O3. The third-order valence-electron chi connectivity index (χ3n) is 5.03. The summed E-state index contributed by atoms with van der Waals surface area (Å²) in [5.41, 5.74) is 5.28. The van der Waals surface area contributed by atoms with E-state index in [0.717, 1.165) is 44.0 Å². The predicted octanol–water partition coefficient (Wildman–Crippen LogP) is 2.24. The molecule has 1 aliphatic heterocycles. The molecule has 2 heterocycles. The Morgan fingerprint density at radius 3 is 2.59 bits per heavy atom. The number of carbonyl (C=O) groups is 1. The number of hydrogen-bond donors (Lipinski definition) is 1. The summed E-state index contributed by atoms with van der Waals surface area (Å²) in [4.78, 5) is 26.3. The minimum absolute atomic E-state index is 0.213. The summed E-state index contributed by atoms with van der Waals surface area (Å²) >= 11 is 0. The number of carbonyl (C=O) groups excluding carboxylic acids is 1. The normalized spacial score (nSPS) is 14.7. The summed E-state index contributed by atoms with van der Waals surface area (Å²) in [6, 6.07) is 11.9. The zero-order valence-electron chi connectivity index (χ0n) is 17.0. The molecule has 7 nitrogen and oxygen atoms in total. The van der Waals surface area contributed by atoms with Crippen LogP contribution in [-0.4, -0.2) is 60.6 Å². The van der Waals surface area contributed by atoms with E-state index in [1.165, 1.54) is 5.56 Å². The van der Waals surface area contributed by atoms with Gasteiger partial charge in [-0.15, -0.1) is 0 Å². The van der Waals surface area contributed by atoms with Crippen LogP contribution in [0.4, 0.5) is 0 Å². The van der Waals surface area contributed by atoms with Gasteiger partial charge in [-0.1, -0.05) is 18.2 Å². The van der Waals surface area contributed by atoms with E-state index < -0.39 is 0 Å². The lowest BCUT2D eigenvalue weighted by Gasteiger charge is -2.34. The first-order valence-electron chi connectivity index (χ1n) is 10.1. The Balaban J connectivity index is 1.24. The van der Waals surface area contributed by atoms with Crippen molar-refractivity contribution in [1.82, 2.24) is 20.3 Å². The van der Waals surface area contributed by atoms with E-state index in [4.69, 9.17) is 9.57 Å². The van der Waals surface area contributed by atoms with Crippen molar-refractivity contribution < 1.29 is 14.4 Å². The number of piperazine rings is 1. The molecule has 156 valence electrons. The summed E-state index contributed by atoms with van der Waals surface area (Å²) in [5.74, 6) is 1.05. The first-order valence-corrected chi connectivity index (χ1v) is 10.1. The Morgan fingerprint density at radius 2 is 1.90 bits per heavy atom. The largest absolute Gasteiger partial charge is 0.497 e. The second-order valence-electron chi connectivity index (χ2n) is 7.14. The quantitative estimate of drug-likeness (QED) is 0.489. The highest BCUT2D eigenvalue weighted by Crippen LogP contribution is 2.11. The Kier molecular flexibility index (Phi) is 8.42. The number of amides is 1. The fourth-order valence-electron chi connectivity index (χ4n) is 3.31. The number of nitrogens with one attached hydrogen (secondary N) is 1. The van der Waals surface area contributed by atoms with Gasteiger partial charge in [0.05, 0.1) is 13.7 Å². The molecule has 0 bridgehead atoms. The van der Waals surface area contributed by atoms with Gasteiger partial charge in [-0.3, -0.25) is 14.7 Å². The van der Waals surface area contributed by atoms with E-state index in [2.05, 4.69) is 21.4 Å². The number of ether oxygens (including phenoxy) is 1. The van der Waals surface area contributed by atoms with Gasteiger partial charge in [0, 0.05) is 58.1 Å². The van der Waals surface area contributed by atoms with E-state index in [0.29, 0.717) is 26.0 Å². The minimum atomic E-state index is 0.213. The molecule has 7 heteroatoms. The standard InChI is InChI=1S/C22H30N4O3/c1-28-21-8-6-19(7-9-21)17-24-29-15-3-5-22(27)26-13-11-25(12-14-26)18-20-4-2-10-23-16-20/h2,4,6-10,16,24H,3,5,11-15,17-18H2,1H3. The van der Waals surface area contributed by atoms with Gasteiger partial charge in [-0.2, -0.15) is 5.48 Å². The number of hydrogen-bond acceptors (Lipinski definition) is 6. The number of pyridine rings is 1. The molecule has 0 aliphatic carbocycles. The predicted molar refractivity (Wildman–Crippen MR) is 111 cm³/mol. The van der Waals surface area contributed by atoms with Gasteiger partial charge in [-0.25, -0.2) is 0 Å². The maximum atomic E-state index is 12.4. The van der Waals surface area contributed by atoms with Crippen LogP contribution in [0.5, 0.6) is 5.75 Å². The van der Waals surface area contributed by atoms with Crippen LogP contribution in [0.25, 0.3) is 0 Å². The molecule has 0 atom stereocenters. The van der Waals surface area contributed by atoms with Crippen molar-refractivity contribution in [2.24, 2.45) is 0 Å². The van der Waals surface area contributed by atoms with Gasteiger partial charge >= 0.3 is 0 Å². The third-order valence-corrected chi connectivity index (χ3v) is 5.03. The van der Waals surface area contributed by atoms with E-state index in [1.54, 1.807) is 13.3 Å². The average molecular weight is 399 g/mol. The summed E-state index contributed by atoms with van der Waals surface area (Å²) in [7, 11) is 1.65. The van der Waals surface area contributed by atoms with Crippen molar-refractivity contribution >= 4 is 5.91 Å². The average Bonchev–Trinajstić information content (AvgIpc) is 2.77. The van der Waals surface area contributed by atoms with Crippen LogP contribution < -0.4 is 10.2 Å². The van der Waals surface area contributed by atoms with Crippen molar-refractivity contribution in [1.29, 1.82) is 0 Å². The van der Waals surface area contributed by atoms with Crippen molar-refractivity contribution in [3.63, 3.8) is 0 Å². The van der Waals surface area contributed by atoms with Gasteiger partial charge < -0.3 is 14.5 Å². The van der Waals surface area contributed by atoms with Crippen LogP contribution in [-0.2, 0) is 22.7 Å². The van der Waals surface area contributed by atoms with E-state index >= 15 is 0 Å². The van der Waals surface area contributed by atoms with E-state index in [9.17, 15) is 4.79 Å². The molecule has 1 fully saturated rings. The highest BCUT2D eigenvalue weighted by Gasteiger charge is 2.20. The Morgan fingerprint density at radius 1 is 1.10 bits per heavy atom. The van der Waals surface area contributed by atoms with Crippen LogP contribution in [0.3, 0.4) is 0 Å². The molecule has 3 rings (SSSR count). The molecule has 1 saturated heterocycles. The monoisotopic (exact) mass is 398 g/mol. The zero-order valence-corrected chi connectivity index (χ0v) is 17.0. The number of methoxy groups -OCH3 is 1. The van der Waals surface area contributed by atoms with Crippen LogP contribution >= 0.6 is 0 Å². The molecule has 0 unspecified atom stereocenters. The van der Waals surface area contributed by atoms with Gasteiger partial charge in [-0.05, 0) is 35.7 Å². The van der Waals surface area contributed by atoms with Crippen molar-refractivity contribution in [3.05, 3.63) is 59.9 Å². The number of hydroxylamine groups is 1. The van der Waals surface area contributed by atoms with E-state index in [-0.39, 0.29) is 5.91 Å². The third kappa shape index (κ3) is 7.12. The molecule has 0 spiro atoms. The molecule has 0 radical (unpaired) electrons. The van der Waals surface area contributed by atoms with Gasteiger partial charge in [0.15, 0.2) is 0 Å². The number of rotatable bonds is 10. The van der Waals surface area contributed by atoms with Gasteiger partial charge in [0.1, 0.15) is 5.75 Å². The topological polar surface area (TPSA) is 66.9 Å². The Hall–Kier alpha value is -2.48. The van der Waals surface area contributed by atoms with Crippen LogP contribution in [0.15, 0.2) is 48.8 Å². The number of nitrogens with zero attached hydrogens (tertiary/aromatic N) is 3. The molecular weight excluding hydrogens is 368 g/mol. The summed E-state index contributed by atoms with van der Waals surface area (Å²) in [6.07, 6.45) is 4.93. The zero-order chi connectivity index (χ0) is 20.3. The lowest BCUT2D eigenvalue weighted by molar-refractivity contribution is -0.133.